The third-order valence-electron chi connectivity index (χ3n) is 4.98. The summed E-state index contributed by atoms with van der Waals surface area (Å²) < 4.78 is 8.07. The minimum absolute atomic E-state index is 0.0429. The zero-order chi connectivity index (χ0) is 23.2. The molecule has 1 unspecified atom stereocenters. The molecule has 1 atom stereocenters. The minimum atomic E-state index is -0.385. The third kappa shape index (κ3) is 5.63. The summed E-state index contributed by atoms with van der Waals surface area (Å²) in [4.78, 5) is 22.1. The molecule has 33 heavy (non-hydrogen) atoms. The van der Waals surface area contributed by atoms with E-state index in [4.69, 9.17) is 14.6 Å². The van der Waals surface area contributed by atoms with Gasteiger partial charge in [-0.2, -0.15) is 0 Å². The van der Waals surface area contributed by atoms with Crippen molar-refractivity contribution >= 4 is 33.5 Å². The summed E-state index contributed by atoms with van der Waals surface area (Å²) in [7, 11) is 1.61. The standard InChI is InChI=1S/C24H25N5O3S/c1-16(2)23(24-25-20-6-4-5-7-21(20)33-24)29-14-18(26-28-29)10-13-22(30)27-32-15-17-8-11-19(31-3)12-9-17/h4-14,16,23H,15H2,1-3H3,(H,27,30)/b13-10+. The molecule has 1 amide bonds. The number of thiazole rings is 1. The molecule has 2 heterocycles. The Morgan fingerprint density at radius 2 is 1.97 bits per heavy atom. The number of carbonyl (C=O) groups excluding carboxylic acids is 1. The van der Waals surface area contributed by atoms with Gasteiger partial charge in [-0.25, -0.2) is 15.1 Å². The van der Waals surface area contributed by atoms with Crippen LogP contribution in [0, 0.1) is 5.92 Å². The van der Waals surface area contributed by atoms with Crippen molar-refractivity contribution < 1.29 is 14.4 Å². The monoisotopic (exact) mass is 463 g/mol. The first-order valence-electron chi connectivity index (χ1n) is 10.5. The van der Waals surface area contributed by atoms with Crippen LogP contribution in [0.5, 0.6) is 5.75 Å². The van der Waals surface area contributed by atoms with Crippen LogP contribution in [0.2, 0.25) is 0 Å². The number of hydrogen-bond donors (Lipinski definition) is 1. The Morgan fingerprint density at radius 3 is 2.70 bits per heavy atom. The molecule has 170 valence electrons. The molecule has 9 heteroatoms. The first kappa shape index (κ1) is 22.6. The molecule has 0 radical (unpaired) electrons. The van der Waals surface area contributed by atoms with Crippen LogP contribution in [0.1, 0.15) is 36.2 Å². The van der Waals surface area contributed by atoms with E-state index in [1.807, 2.05) is 48.7 Å². The second-order valence-electron chi connectivity index (χ2n) is 7.77. The number of amides is 1. The number of ether oxygens (including phenoxy) is 1. The lowest BCUT2D eigenvalue weighted by Gasteiger charge is -2.17. The lowest BCUT2D eigenvalue weighted by Crippen LogP contribution is -2.21. The summed E-state index contributed by atoms with van der Waals surface area (Å²) in [6, 6.07) is 15.4. The van der Waals surface area contributed by atoms with Gasteiger partial charge in [0, 0.05) is 6.08 Å². The topological polar surface area (TPSA) is 91.2 Å². The largest absolute Gasteiger partial charge is 0.497 e. The van der Waals surface area contributed by atoms with Crippen LogP contribution >= 0.6 is 11.3 Å². The van der Waals surface area contributed by atoms with Crippen LogP contribution in [0.3, 0.4) is 0 Å². The fourth-order valence-electron chi connectivity index (χ4n) is 3.33. The van der Waals surface area contributed by atoms with Gasteiger partial charge >= 0.3 is 0 Å². The highest BCUT2D eigenvalue weighted by atomic mass is 32.1. The summed E-state index contributed by atoms with van der Waals surface area (Å²) in [5.41, 5.74) is 4.87. The van der Waals surface area contributed by atoms with E-state index in [2.05, 4.69) is 35.7 Å². The van der Waals surface area contributed by atoms with Crippen molar-refractivity contribution in [2.75, 3.05) is 7.11 Å². The summed E-state index contributed by atoms with van der Waals surface area (Å²) in [6.45, 7) is 4.50. The number of nitrogens with one attached hydrogen (secondary N) is 1. The Bertz CT molecular complexity index is 1210. The molecule has 2 aromatic carbocycles. The molecular formula is C24H25N5O3S. The number of para-hydroxylation sites is 1. The van der Waals surface area contributed by atoms with Crippen molar-refractivity contribution in [2.24, 2.45) is 5.92 Å². The number of fused-ring (bicyclic) bond motifs is 1. The van der Waals surface area contributed by atoms with Crippen LogP contribution in [0.15, 0.2) is 60.8 Å². The van der Waals surface area contributed by atoms with E-state index >= 15 is 0 Å². The van der Waals surface area contributed by atoms with E-state index in [0.717, 1.165) is 26.5 Å². The van der Waals surface area contributed by atoms with Crippen LogP contribution in [-0.2, 0) is 16.2 Å². The number of carbonyl (C=O) groups is 1. The molecule has 0 bridgehead atoms. The number of aromatic nitrogens is 4. The molecule has 0 aliphatic rings. The van der Waals surface area contributed by atoms with Crippen LogP contribution in [0.25, 0.3) is 16.3 Å². The third-order valence-corrected chi connectivity index (χ3v) is 6.09. The molecule has 4 aromatic rings. The van der Waals surface area contributed by atoms with Gasteiger partial charge in [-0.15, -0.1) is 16.4 Å². The van der Waals surface area contributed by atoms with Crippen LogP contribution in [0.4, 0.5) is 0 Å². The summed E-state index contributed by atoms with van der Waals surface area (Å²) in [6.07, 6.45) is 4.79. The quantitative estimate of drug-likeness (QED) is 0.292. The molecule has 0 fully saturated rings. The van der Waals surface area contributed by atoms with Crippen LogP contribution < -0.4 is 10.2 Å². The zero-order valence-corrected chi connectivity index (χ0v) is 19.5. The molecule has 0 saturated carbocycles. The Hall–Kier alpha value is -3.56. The lowest BCUT2D eigenvalue weighted by atomic mass is 10.1. The molecule has 0 spiro atoms. The van der Waals surface area contributed by atoms with E-state index in [0.29, 0.717) is 5.69 Å². The molecule has 8 nitrogen and oxygen atoms in total. The van der Waals surface area contributed by atoms with E-state index < -0.39 is 0 Å². The average molecular weight is 464 g/mol. The highest BCUT2D eigenvalue weighted by Gasteiger charge is 2.23. The number of nitrogens with zero attached hydrogens (tertiary/aromatic N) is 4. The van der Waals surface area contributed by atoms with Gasteiger partial charge in [-0.1, -0.05) is 43.3 Å². The average Bonchev–Trinajstić information content (AvgIpc) is 3.45. The Labute approximate surface area is 195 Å². The smallest absolute Gasteiger partial charge is 0.267 e. The maximum absolute atomic E-state index is 12.1. The Kier molecular flexibility index (Phi) is 7.11. The zero-order valence-electron chi connectivity index (χ0n) is 18.6. The predicted octanol–water partition coefficient (Wildman–Crippen LogP) is 4.40. The molecule has 0 aliphatic heterocycles. The maximum atomic E-state index is 12.1. The van der Waals surface area contributed by atoms with Gasteiger partial charge in [0.05, 0.1) is 30.1 Å². The van der Waals surface area contributed by atoms with Crippen molar-refractivity contribution in [2.45, 2.75) is 26.5 Å². The van der Waals surface area contributed by atoms with Crippen molar-refractivity contribution in [1.82, 2.24) is 25.5 Å². The number of benzene rings is 2. The van der Waals surface area contributed by atoms with Crippen LogP contribution in [-0.4, -0.2) is 33.0 Å². The van der Waals surface area contributed by atoms with Gasteiger partial charge in [-0.3, -0.25) is 9.63 Å². The minimum Gasteiger partial charge on any atom is -0.497 e. The highest BCUT2D eigenvalue weighted by molar-refractivity contribution is 7.18. The lowest BCUT2D eigenvalue weighted by molar-refractivity contribution is -0.129. The predicted molar refractivity (Wildman–Crippen MR) is 128 cm³/mol. The van der Waals surface area contributed by atoms with Crippen molar-refractivity contribution in [3.05, 3.63) is 77.1 Å². The first-order chi connectivity index (χ1) is 16.0. The second-order valence-corrected chi connectivity index (χ2v) is 8.83. The molecule has 2 aromatic heterocycles. The van der Waals surface area contributed by atoms with Gasteiger partial charge in [0.1, 0.15) is 22.5 Å². The van der Waals surface area contributed by atoms with E-state index in [-0.39, 0.29) is 24.5 Å². The van der Waals surface area contributed by atoms with Gasteiger partial charge in [0.25, 0.3) is 5.91 Å². The van der Waals surface area contributed by atoms with Gasteiger partial charge in [0.2, 0.25) is 0 Å². The van der Waals surface area contributed by atoms with Crippen molar-refractivity contribution in [1.29, 1.82) is 0 Å². The van der Waals surface area contributed by atoms with Gasteiger partial charge in [0.15, 0.2) is 0 Å². The fraction of sp³-hybridized carbons (Fsp3) is 0.250. The SMILES string of the molecule is COc1ccc(CONC(=O)/C=C/c2cn(C(c3nc4ccccc4s3)C(C)C)nn2)cc1. The van der Waals surface area contributed by atoms with E-state index in [1.165, 1.54) is 6.08 Å². The fourth-order valence-corrected chi connectivity index (χ4v) is 4.57. The van der Waals surface area contributed by atoms with Crippen molar-refractivity contribution in [3.63, 3.8) is 0 Å². The molecule has 0 saturated heterocycles. The van der Waals surface area contributed by atoms with Gasteiger partial charge in [-0.05, 0) is 41.8 Å². The van der Waals surface area contributed by atoms with E-state index in [9.17, 15) is 4.79 Å². The number of hydrogen-bond acceptors (Lipinski definition) is 7. The molecule has 1 N–H and O–H groups in total. The number of rotatable bonds is 9. The number of methoxy groups -OCH3 is 1. The first-order valence-corrected chi connectivity index (χ1v) is 11.3. The van der Waals surface area contributed by atoms with Gasteiger partial charge < -0.3 is 4.74 Å². The molecule has 4 rings (SSSR count). The Balaban J connectivity index is 1.36. The second kappa shape index (κ2) is 10.4. The maximum Gasteiger partial charge on any atom is 0.267 e. The molecule has 0 aliphatic carbocycles. The van der Waals surface area contributed by atoms with Crippen molar-refractivity contribution in [3.8, 4) is 5.75 Å². The summed E-state index contributed by atoms with van der Waals surface area (Å²) in [5.74, 6) is 0.644. The highest BCUT2D eigenvalue weighted by Crippen LogP contribution is 2.32. The number of hydroxylamine groups is 1. The normalized spacial score (nSPS) is 12.5. The summed E-state index contributed by atoms with van der Waals surface area (Å²) >= 11 is 1.66. The molecular weight excluding hydrogens is 438 g/mol. The Morgan fingerprint density at radius 1 is 1.18 bits per heavy atom. The summed E-state index contributed by atoms with van der Waals surface area (Å²) in [5, 5.41) is 9.46. The van der Waals surface area contributed by atoms with E-state index in [1.54, 1.807) is 29.2 Å².